The molecule has 0 aliphatic rings. The van der Waals surface area contributed by atoms with Crippen molar-refractivity contribution in [1.82, 2.24) is 10.2 Å². The summed E-state index contributed by atoms with van der Waals surface area (Å²) in [6.07, 6.45) is 2.01. The van der Waals surface area contributed by atoms with Crippen LogP contribution in [0.2, 0.25) is 0 Å². The zero-order valence-electron chi connectivity index (χ0n) is 22.2. The molecule has 0 aliphatic carbocycles. The number of benzene rings is 2. The standard InChI is InChI=1S/C27H39N3O5S/c1-7-25(27(32)28-20(2)3)29(19-22-12-8-11-21(4)17-22)26(31)15-10-16-30(36(6,33)34)23-13-9-14-24(18-23)35-5/h8-9,11-14,17-18,20,25H,7,10,15-16,19H2,1-6H3,(H,28,32). The van der Waals surface area contributed by atoms with Crippen LogP contribution >= 0.6 is 0 Å². The van der Waals surface area contributed by atoms with Gasteiger partial charge in [0.05, 0.1) is 19.1 Å². The Balaban J connectivity index is 2.23. The van der Waals surface area contributed by atoms with Gasteiger partial charge in [0.1, 0.15) is 11.8 Å². The first-order valence-corrected chi connectivity index (χ1v) is 14.1. The number of hydrogen-bond acceptors (Lipinski definition) is 5. The highest BCUT2D eigenvalue weighted by molar-refractivity contribution is 7.92. The normalized spacial score (nSPS) is 12.2. The molecule has 0 heterocycles. The highest BCUT2D eigenvalue weighted by atomic mass is 32.2. The quantitative estimate of drug-likeness (QED) is 0.435. The number of nitrogens with one attached hydrogen (secondary N) is 1. The summed E-state index contributed by atoms with van der Waals surface area (Å²) >= 11 is 0. The fourth-order valence-corrected chi connectivity index (χ4v) is 5.03. The van der Waals surface area contributed by atoms with Crippen molar-refractivity contribution in [1.29, 1.82) is 0 Å². The van der Waals surface area contributed by atoms with Crippen LogP contribution in [-0.2, 0) is 26.2 Å². The van der Waals surface area contributed by atoms with E-state index in [1.807, 2.05) is 52.0 Å². The van der Waals surface area contributed by atoms with Crippen molar-refractivity contribution in [3.05, 3.63) is 59.7 Å². The Morgan fingerprint density at radius 2 is 1.78 bits per heavy atom. The van der Waals surface area contributed by atoms with Crippen LogP contribution in [-0.4, -0.2) is 57.1 Å². The van der Waals surface area contributed by atoms with Crippen LogP contribution in [0.4, 0.5) is 5.69 Å². The van der Waals surface area contributed by atoms with Gasteiger partial charge in [-0.15, -0.1) is 0 Å². The van der Waals surface area contributed by atoms with Gasteiger partial charge >= 0.3 is 0 Å². The molecular formula is C27H39N3O5S. The summed E-state index contributed by atoms with van der Waals surface area (Å²) in [5.74, 6) is 0.160. The molecule has 8 nitrogen and oxygen atoms in total. The first kappa shape index (κ1) is 29.2. The van der Waals surface area contributed by atoms with Crippen LogP contribution in [0.25, 0.3) is 0 Å². The first-order valence-electron chi connectivity index (χ1n) is 12.2. The van der Waals surface area contributed by atoms with Crippen molar-refractivity contribution in [3.63, 3.8) is 0 Å². The summed E-state index contributed by atoms with van der Waals surface area (Å²) in [7, 11) is -2.05. The molecule has 2 amide bonds. The number of nitrogens with zero attached hydrogens (tertiary/aromatic N) is 2. The van der Waals surface area contributed by atoms with E-state index < -0.39 is 16.1 Å². The Kier molecular flexibility index (Phi) is 10.8. The van der Waals surface area contributed by atoms with E-state index in [2.05, 4.69) is 5.32 Å². The summed E-state index contributed by atoms with van der Waals surface area (Å²) in [6, 6.07) is 14.0. The molecule has 0 spiro atoms. The van der Waals surface area contributed by atoms with E-state index >= 15 is 0 Å². The predicted octanol–water partition coefficient (Wildman–Crippen LogP) is 3.88. The van der Waals surface area contributed by atoms with Crippen molar-refractivity contribution in [2.45, 2.75) is 65.6 Å². The Hall–Kier alpha value is -3.07. The average Bonchev–Trinajstić information content (AvgIpc) is 2.80. The topological polar surface area (TPSA) is 96.0 Å². The van der Waals surface area contributed by atoms with Crippen LogP contribution in [0, 0.1) is 6.92 Å². The number of rotatable bonds is 13. The second-order valence-electron chi connectivity index (χ2n) is 9.24. The summed E-state index contributed by atoms with van der Waals surface area (Å²) < 4.78 is 31.5. The highest BCUT2D eigenvalue weighted by Gasteiger charge is 2.29. The molecule has 36 heavy (non-hydrogen) atoms. The number of methoxy groups -OCH3 is 1. The summed E-state index contributed by atoms with van der Waals surface area (Å²) in [5.41, 5.74) is 2.48. The number of ether oxygens (including phenoxy) is 1. The second-order valence-corrected chi connectivity index (χ2v) is 11.1. The monoisotopic (exact) mass is 517 g/mol. The largest absolute Gasteiger partial charge is 0.497 e. The molecule has 0 aromatic heterocycles. The number of carbonyl (C=O) groups is 2. The fraction of sp³-hybridized carbons (Fsp3) is 0.481. The van der Waals surface area contributed by atoms with E-state index in [0.29, 0.717) is 30.8 Å². The average molecular weight is 518 g/mol. The summed E-state index contributed by atoms with van der Waals surface area (Å²) in [5, 5.41) is 2.92. The maximum absolute atomic E-state index is 13.4. The number of aryl methyl sites for hydroxylation is 1. The summed E-state index contributed by atoms with van der Waals surface area (Å²) in [6.45, 7) is 8.07. The van der Waals surface area contributed by atoms with Gasteiger partial charge in [-0.2, -0.15) is 0 Å². The second kappa shape index (κ2) is 13.3. The van der Waals surface area contributed by atoms with Gasteiger partial charge in [-0.3, -0.25) is 13.9 Å². The minimum absolute atomic E-state index is 0.0475. The van der Waals surface area contributed by atoms with Gasteiger partial charge in [-0.05, 0) is 51.3 Å². The first-order chi connectivity index (χ1) is 17.0. The van der Waals surface area contributed by atoms with Crippen molar-refractivity contribution >= 4 is 27.5 Å². The van der Waals surface area contributed by atoms with E-state index in [1.165, 1.54) is 11.4 Å². The molecular weight excluding hydrogens is 478 g/mol. The van der Waals surface area contributed by atoms with E-state index in [9.17, 15) is 18.0 Å². The third kappa shape index (κ3) is 8.55. The molecule has 1 unspecified atom stereocenters. The van der Waals surface area contributed by atoms with Crippen LogP contribution < -0.4 is 14.4 Å². The Labute approximate surface area is 215 Å². The predicted molar refractivity (Wildman–Crippen MR) is 144 cm³/mol. The lowest BCUT2D eigenvalue weighted by molar-refractivity contribution is -0.141. The SMILES string of the molecule is CCC(C(=O)NC(C)C)N(Cc1cccc(C)c1)C(=O)CCCN(c1cccc(OC)c1)S(C)(=O)=O. The van der Waals surface area contributed by atoms with Crippen LogP contribution in [0.5, 0.6) is 5.75 Å². The Morgan fingerprint density at radius 1 is 1.08 bits per heavy atom. The van der Waals surface area contributed by atoms with Gasteiger partial charge in [0.15, 0.2) is 0 Å². The molecule has 0 radical (unpaired) electrons. The molecule has 1 atom stereocenters. The number of carbonyl (C=O) groups excluding carboxylic acids is 2. The van der Waals surface area contributed by atoms with Crippen LogP contribution in [0.15, 0.2) is 48.5 Å². The van der Waals surface area contributed by atoms with Crippen LogP contribution in [0.1, 0.15) is 51.2 Å². The maximum atomic E-state index is 13.4. The van der Waals surface area contributed by atoms with Gasteiger partial charge in [0.25, 0.3) is 0 Å². The number of sulfonamides is 1. The van der Waals surface area contributed by atoms with Crippen molar-refractivity contribution in [3.8, 4) is 5.75 Å². The Bertz CT molecular complexity index is 1130. The number of amides is 2. The molecule has 0 aliphatic heterocycles. The number of anilines is 1. The van der Waals surface area contributed by atoms with Gasteiger partial charge in [-0.25, -0.2) is 8.42 Å². The van der Waals surface area contributed by atoms with Crippen molar-refractivity contribution < 1.29 is 22.7 Å². The molecule has 198 valence electrons. The molecule has 0 saturated carbocycles. The lowest BCUT2D eigenvalue weighted by atomic mass is 10.1. The van der Waals surface area contributed by atoms with E-state index in [4.69, 9.17) is 4.74 Å². The molecule has 2 aromatic rings. The van der Waals surface area contributed by atoms with Gasteiger partial charge in [0, 0.05) is 31.6 Å². The van der Waals surface area contributed by atoms with Crippen molar-refractivity contribution in [2.24, 2.45) is 0 Å². The molecule has 2 aromatic carbocycles. The zero-order valence-corrected chi connectivity index (χ0v) is 23.0. The number of hydrogen-bond donors (Lipinski definition) is 1. The van der Waals surface area contributed by atoms with E-state index in [-0.39, 0.29) is 30.8 Å². The molecule has 9 heteroatoms. The molecule has 0 bridgehead atoms. The van der Waals surface area contributed by atoms with Gasteiger partial charge in [0.2, 0.25) is 21.8 Å². The minimum Gasteiger partial charge on any atom is -0.497 e. The van der Waals surface area contributed by atoms with E-state index in [0.717, 1.165) is 17.4 Å². The highest BCUT2D eigenvalue weighted by Crippen LogP contribution is 2.24. The summed E-state index contributed by atoms with van der Waals surface area (Å²) in [4.78, 5) is 28.0. The van der Waals surface area contributed by atoms with Crippen molar-refractivity contribution in [2.75, 3.05) is 24.2 Å². The molecule has 0 fully saturated rings. The minimum atomic E-state index is -3.57. The van der Waals surface area contributed by atoms with Gasteiger partial charge in [-0.1, -0.05) is 42.8 Å². The molecule has 0 saturated heterocycles. The smallest absolute Gasteiger partial charge is 0.243 e. The van der Waals surface area contributed by atoms with Crippen LogP contribution in [0.3, 0.4) is 0 Å². The maximum Gasteiger partial charge on any atom is 0.243 e. The van der Waals surface area contributed by atoms with E-state index in [1.54, 1.807) is 29.2 Å². The molecule has 1 N–H and O–H groups in total. The lowest BCUT2D eigenvalue weighted by Gasteiger charge is -2.31. The Morgan fingerprint density at radius 3 is 2.36 bits per heavy atom. The lowest BCUT2D eigenvalue weighted by Crippen LogP contribution is -2.50. The third-order valence-electron chi connectivity index (χ3n) is 5.75. The zero-order chi connectivity index (χ0) is 26.9. The molecule has 2 rings (SSSR count). The van der Waals surface area contributed by atoms with Gasteiger partial charge < -0.3 is 15.0 Å². The third-order valence-corrected chi connectivity index (χ3v) is 6.94. The fourth-order valence-electron chi connectivity index (χ4n) is 4.08.